The number of rotatable bonds is 1. The molecule has 0 amide bonds. The van der Waals surface area contributed by atoms with Gasteiger partial charge in [-0.05, 0) is 25.8 Å². The Kier molecular flexibility index (Phi) is 1.38. The van der Waals surface area contributed by atoms with E-state index >= 15 is 0 Å². The molecule has 0 spiro atoms. The van der Waals surface area contributed by atoms with Crippen LogP contribution in [-0.4, -0.2) is 10.1 Å². The summed E-state index contributed by atoms with van der Waals surface area (Å²) in [5.74, 6) is 0.262. The molecule has 0 unspecified atom stereocenters. The van der Waals surface area contributed by atoms with Crippen molar-refractivity contribution < 1.29 is 5.11 Å². The molecule has 0 bridgehead atoms. The van der Waals surface area contributed by atoms with E-state index in [0.29, 0.717) is 5.69 Å². The summed E-state index contributed by atoms with van der Waals surface area (Å²) in [6.07, 6.45) is 3.62. The quantitative estimate of drug-likeness (QED) is 0.652. The molecule has 1 saturated carbocycles. The molecule has 0 radical (unpaired) electrons. The summed E-state index contributed by atoms with van der Waals surface area (Å²) in [5, 5.41) is 9.63. The van der Waals surface area contributed by atoms with E-state index in [2.05, 4.69) is 4.98 Å². The number of hydrogen-bond acceptors (Lipinski definition) is 3. The van der Waals surface area contributed by atoms with E-state index in [9.17, 15) is 5.11 Å². The third-order valence-corrected chi connectivity index (χ3v) is 2.43. The maximum absolute atomic E-state index is 9.63. The van der Waals surface area contributed by atoms with Crippen LogP contribution in [-0.2, 0) is 5.54 Å². The van der Waals surface area contributed by atoms with Crippen molar-refractivity contribution in [2.24, 2.45) is 5.73 Å². The summed E-state index contributed by atoms with van der Waals surface area (Å²) in [7, 11) is 0. The number of nitrogens with two attached hydrogens (primary N) is 1. The molecule has 2 rings (SSSR count). The topological polar surface area (TPSA) is 59.1 Å². The fourth-order valence-electron chi connectivity index (χ4n) is 1.36. The second kappa shape index (κ2) is 2.20. The molecular weight excluding hydrogens is 152 g/mol. The van der Waals surface area contributed by atoms with Crippen molar-refractivity contribution in [1.82, 2.24) is 4.98 Å². The van der Waals surface area contributed by atoms with E-state index < -0.39 is 0 Å². The Balaban J connectivity index is 2.51. The van der Waals surface area contributed by atoms with Crippen LogP contribution in [0.1, 0.15) is 24.1 Å². The number of aromatic hydroxyl groups is 1. The number of pyridine rings is 1. The first-order valence-electron chi connectivity index (χ1n) is 4.07. The summed E-state index contributed by atoms with van der Waals surface area (Å²) in [4.78, 5) is 3.98. The average Bonchev–Trinajstić information content (AvgIpc) is 2.75. The first kappa shape index (κ1) is 7.55. The number of nitrogens with zero attached hydrogens (tertiary/aromatic N) is 1. The second-order valence-electron chi connectivity index (χ2n) is 3.45. The first-order chi connectivity index (χ1) is 5.63. The normalized spacial score (nSPS) is 19.2. The van der Waals surface area contributed by atoms with Gasteiger partial charge in [-0.15, -0.1) is 0 Å². The Morgan fingerprint density at radius 1 is 1.58 bits per heavy atom. The molecule has 1 aliphatic rings. The van der Waals surface area contributed by atoms with Crippen LogP contribution in [0.25, 0.3) is 0 Å². The van der Waals surface area contributed by atoms with E-state index in [4.69, 9.17) is 5.73 Å². The van der Waals surface area contributed by atoms with Gasteiger partial charge in [-0.2, -0.15) is 0 Å². The van der Waals surface area contributed by atoms with Gasteiger partial charge >= 0.3 is 0 Å². The van der Waals surface area contributed by atoms with Crippen LogP contribution in [0.3, 0.4) is 0 Å². The first-order valence-corrected chi connectivity index (χ1v) is 4.07. The minimum Gasteiger partial charge on any atom is -0.506 e. The molecule has 1 aromatic rings. The lowest BCUT2D eigenvalue weighted by Crippen LogP contribution is -2.19. The van der Waals surface area contributed by atoms with Gasteiger partial charge in [0, 0.05) is 17.3 Å². The predicted octanol–water partition coefficient (Wildman–Crippen LogP) is 1.04. The lowest BCUT2D eigenvalue weighted by Gasteiger charge is -2.11. The molecule has 64 valence electrons. The van der Waals surface area contributed by atoms with Crippen LogP contribution >= 0.6 is 0 Å². The second-order valence-corrected chi connectivity index (χ2v) is 3.45. The van der Waals surface area contributed by atoms with Crippen molar-refractivity contribution in [3.05, 3.63) is 23.5 Å². The van der Waals surface area contributed by atoms with Crippen LogP contribution in [0, 0.1) is 6.92 Å². The fraction of sp³-hybridized carbons (Fsp3) is 0.444. The number of aromatic nitrogens is 1. The van der Waals surface area contributed by atoms with Crippen molar-refractivity contribution >= 4 is 0 Å². The lowest BCUT2D eigenvalue weighted by molar-refractivity contribution is 0.452. The Hall–Kier alpha value is -1.09. The van der Waals surface area contributed by atoms with Crippen LogP contribution in [0.2, 0.25) is 0 Å². The Labute approximate surface area is 71.2 Å². The standard InChI is InChI=1S/C9H12N2O/c1-6-8(12)7(2-5-11-6)9(10)3-4-9/h2,5,12H,3-4,10H2,1H3. The summed E-state index contributed by atoms with van der Waals surface area (Å²) >= 11 is 0. The average molecular weight is 164 g/mol. The molecule has 1 aromatic heterocycles. The highest BCUT2D eigenvalue weighted by molar-refractivity contribution is 5.42. The van der Waals surface area contributed by atoms with Crippen molar-refractivity contribution in [3.63, 3.8) is 0 Å². The molecule has 12 heavy (non-hydrogen) atoms. The van der Waals surface area contributed by atoms with Gasteiger partial charge in [0.05, 0.1) is 5.69 Å². The van der Waals surface area contributed by atoms with Gasteiger partial charge in [0.25, 0.3) is 0 Å². The van der Waals surface area contributed by atoms with Gasteiger partial charge < -0.3 is 10.8 Å². The SMILES string of the molecule is Cc1nccc(C2(N)CC2)c1O. The van der Waals surface area contributed by atoms with Gasteiger partial charge in [-0.1, -0.05) is 0 Å². The van der Waals surface area contributed by atoms with Crippen LogP contribution in [0.15, 0.2) is 12.3 Å². The molecule has 3 nitrogen and oxygen atoms in total. The van der Waals surface area contributed by atoms with E-state index in [1.807, 2.05) is 0 Å². The summed E-state index contributed by atoms with van der Waals surface area (Å²) in [6, 6.07) is 1.80. The lowest BCUT2D eigenvalue weighted by atomic mass is 10.1. The van der Waals surface area contributed by atoms with Gasteiger partial charge in [0.15, 0.2) is 0 Å². The van der Waals surface area contributed by atoms with E-state index in [1.165, 1.54) is 0 Å². The van der Waals surface area contributed by atoms with Gasteiger partial charge in [0.1, 0.15) is 5.75 Å². The molecule has 0 aromatic carbocycles. The minimum absolute atomic E-state index is 0.262. The largest absolute Gasteiger partial charge is 0.506 e. The van der Waals surface area contributed by atoms with Crippen molar-refractivity contribution in [2.75, 3.05) is 0 Å². The van der Waals surface area contributed by atoms with Crippen LogP contribution < -0.4 is 5.73 Å². The maximum atomic E-state index is 9.63. The number of hydrogen-bond donors (Lipinski definition) is 2. The summed E-state index contributed by atoms with van der Waals surface area (Å²) < 4.78 is 0. The predicted molar refractivity (Wildman–Crippen MR) is 45.7 cm³/mol. The van der Waals surface area contributed by atoms with Crippen molar-refractivity contribution in [3.8, 4) is 5.75 Å². The molecule has 0 aliphatic heterocycles. The van der Waals surface area contributed by atoms with Crippen molar-refractivity contribution in [1.29, 1.82) is 0 Å². The Morgan fingerprint density at radius 3 is 2.83 bits per heavy atom. The third kappa shape index (κ3) is 0.975. The molecule has 0 atom stereocenters. The van der Waals surface area contributed by atoms with Crippen LogP contribution in [0.4, 0.5) is 0 Å². The monoisotopic (exact) mass is 164 g/mol. The zero-order valence-electron chi connectivity index (χ0n) is 7.04. The summed E-state index contributed by atoms with van der Waals surface area (Å²) in [5.41, 5.74) is 7.18. The molecule has 3 heteroatoms. The number of aryl methyl sites for hydroxylation is 1. The fourth-order valence-corrected chi connectivity index (χ4v) is 1.36. The van der Waals surface area contributed by atoms with Gasteiger partial charge in [0.2, 0.25) is 0 Å². The van der Waals surface area contributed by atoms with E-state index in [1.54, 1.807) is 19.2 Å². The minimum atomic E-state index is -0.266. The van der Waals surface area contributed by atoms with Gasteiger partial charge in [-0.25, -0.2) is 0 Å². The Morgan fingerprint density at radius 2 is 2.25 bits per heavy atom. The summed E-state index contributed by atoms with van der Waals surface area (Å²) in [6.45, 7) is 1.78. The molecule has 1 fully saturated rings. The Bertz CT molecular complexity index is 318. The maximum Gasteiger partial charge on any atom is 0.141 e. The highest BCUT2D eigenvalue weighted by Gasteiger charge is 2.42. The zero-order valence-corrected chi connectivity index (χ0v) is 7.04. The highest BCUT2D eigenvalue weighted by atomic mass is 16.3. The van der Waals surface area contributed by atoms with E-state index in [0.717, 1.165) is 18.4 Å². The molecule has 1 heterocycles. The third-order valence-electron chi connectivity index (χ3n) is 2.43. The molecule has 3 N–H and O–H groups in total. The smallest absolute Gasteiger partial charge is 0.141 e. The van der Waals surface area contributed by atoms with Crippen LogP contribution in [0.5, 0.6) is 5.75 Å². The molecule has 0 saturated heterocycles. The zero-order chi connectivity index (χ0) is 8.77. The molecule has 1 aliphatic carbocycles. The van der Waals surface area contributed by atoms with Crippen molar-refractivity contribution in [2.45, 2.75) is 25.3 Å². The molecular formula is C9H12N2O. The van der Waals surface area contributed by atoms with E-state index in [-0.39, 0.29) is 11.3 Å². The van der Waals surface area contributed by atoms with Gasteiger partial charge in [-0.3, -0.25) is 4.98 Å². The highest BCUT2D eigenvalue weighted by Crippen LogP contribution is 2.46.